The van der Waals surface area contributed by atoms with Gasteiger partial charge in [-0.3, -0.25) is 28.6 Å². The van der Waals surface area contributed by atoms with Crippen LogP contribution in [0.3, 0.4) is 0 Å². The summed E-state index contributed by atoms with van der Waals surface area (Å²) in [6, 6.07) is 5.28. The Morgan fingerprint density at radius 3 is 1.21 bits per heavy atom. The molecule has 0 aliphatic carbocycles. The van der Waals surface area contributed by atoms with Gasteiger partial charge in [0, 0.05) is 34.7 Å². The van der Waals surface area contributed by atoms with Crippen molar-refractivity contribution in [2.45, 2.75) is 0 Å². The Hall–Kier alpha value is -1.43. The van der Waals surface area contributed by atoms with Crippen molar-refractivity contribution in [2.75, 3.05) is 0 Å². The summed E-state index contributed by atoms with van der Waals surface area (Å²) in [6.07, 6.45) is 0. The molecule has 0 aliphatic rings. The van der Waals surface area contributed by atoms with E-state index < -0.39 is 20.2 Å². The van der Waals surface area contributed by atoms with Crippen LogP contribution in [0.15, 0.2) is 33.2 Å². The van der Waals surface area contributed by atoms with Gasteiger partial charge in [0.1, 0.15) is 10.0 Å². The van der Waals surface area contributed by atoms with Gasteiger partial charge in [-0.15, -0.1) is 0 Å². The fraction of sp³-hybridized carbons (Fsp3) is 0. The molecule has 0 bridgehead atoms. The molecule has 0 fully saturated rings. The summed E-state index contributed by atoms with van der Waals surface area (Å²) in [5.74, 6) is 0. The van der Waals surface area contributed by atoms with Gasteiger partial charge < -0.3 is 20.6 Å². The summed E-state index contributed by atoms with van der Waals surface area (Å²) >= 11 is 17.6. The van der Waals surface area contributed by atoms with Crippen molar-refractivity contribution in [3.8, 4) is 0 Å². The summed E-state index contributed by atoms with van der Waals surface area (Å²) in [7, 11) is -5.17. The molecule has 12 nitrogen and oxygen atoms in total. The Bertz CT molecular complexity index is 917. The number of hydrogen-bond acceptors (Lipinski definition) is 8. The maximum absolute atomic E-state index is 10.3. The summed E-state index contributed by atoms with van der Waals surface area (Å²) < 4.78 is 35.2. The minimum atomic E-state index is -5.17. The number of quaternary nitrogens is 2. The lowest BCUT2D eigenvalue weighted by molar-refractivity contribution is -0.385. The van der Waals surface area contributed by atoms with Gasteiger partial charge in [-0.25, -0.2) is 0 Å². The number of rotatable bonds is 2. The quantitative estimate of drug-likeness (QED) is 0.225. The molecule has 0 unspecified atom stereocenters. The highest BCUT2D eigenvalue weighted by atomic mass is 79.9. The fourth-order valence-electron chi connectivity index (χ4n) is 1.39. The monoisotopic (exact) mass is 598 g/mol. The topological polar surface area (TPSA) is 222 Å². The summed E-state index contributed by atoms with van der Waals surface area (Å²) in [6.45, 7) is 0. The predicted molar refractivity (Wildman–Crippen MR) is 107 cm³/mol. The molecule has 0 aliphatic heterocycles. The molecular formula is C12H10Br2Cl2N4O8S. The maximum Gasteiger partial charge on any atom is 0.272 e. The van der Waals surface area contributed by atoms with Crippen molar-refractivity contribution in [3.63, 3.8) is 0 Å². The first-order chi connectivity index (χ1) is 13.0. The Kier molecular flexibility index (Phi) is 11.1. The van der Waals surface area contributed by atoms with Crippen LogP contribution in [0.1, 0.15) is 0 Å². The molecule has 2 rings (SSSR count). The lowest BCUT2D eigenvalue weighted by Crippen LogP contribution is -2.41. The molecule has 0 atom stereocenters. The van der Waals surface area contributed by atoms with Crippen LogP contribution < -0.4 is 11.5 Å². The molecular weight excluding hydrogens is 591 g/mol. The third-order valence-corrected chi connectivity index (χ3v) is 4.76. The van der Waals surface area contributed by atoms with E-state index >= 15 is 0 Å². The molecule has 0 saturated heterocycles. The normalized spacial score (nSPS) is 10.2. The highest BCUT2D eigenvalue weighted by Gasteiger charge is 2.14. The van der Waals surface area contributed by atoms with E-state index in [-0.39, 0.29) is 21.4 Å². The van der Waals surface area contributed by atoms with E-state index in [2.05, 4.69) is 43.3 Å². The molecule has 29 heavy (non-hydrogen) atoms. The van der Waals surface area contributed by atoms with Gasteiger partial charge >= 0.3 is 0 Å². The minimum Gasteiger partial charge on any atom is -0.759 e. The molecule has 0 spiro atoms. The largest absolute Gasteiger partial charge is 0.759 e. The van der Waals surface area contributed by atoms with E-state index in [1.54, 1.807) is 0 Å². The first-order valence-corrected chi connectivity index (χ1v) is 10.3. The van der Waals surface area contributed by atoms with Crippen LogP contribution in [-0.2, 0) is 10.4 Å². The van der Waals surface area contributed by atoms with Crippen LogP contribution in [-0.4, -0.2) is 27.4 Å². The van der Waals surface area contributed by atoms with E-state index in [0.717, 1.165) is 0 Å². The van der Waals surface area contributed by atoms with Crippen LogP contribution in [0.25, 0.3) is 0 Å². The highest BCUT2D eigenvalue weighted by molar-refractivity contribution is 9.11. The maximum atomic E-state index is 10.3. The van der Waals surface area contributed by atoms with Crippen molar-refractivity contribution >= 4 is 88.2 Å². The van der Waals surface area contributed by atoms with Crippen LogP contribution in [0, 0.1) is 20.2 Å². The van der Waals surface area contributed by atoms with Crippen molar-refractivity contribution < 1.29 is 38.8 Å². The zero-order valence-corrected chi connectivity index (χ0v) is 19.3. The van der Waals surface area contributed by atoms with Gasteiger partial charge in [0.15, 0.2) is 11.4 Å². The Morgan fingerprint density at radius 1 is 0.793 bits per heavy atom. The van der Waals surface area contributed by atoms with Gasteiger partial charge in [0.2, 0.25) is 0 Å². The molecule has 6 N–H and O–H groups in total. The van der Waals surface area contributed by atoms with Gasteiger partial charge in [0.25, 0.3) is 11.4 Å². The third-order valence-electron chi connectivity index (χ3n) is 2.67. The molecule has 2 aromatic carbocycles. The molecule has 0 amide bonds. The van der Waals surface area contributed by atoms with Gasteiger partial charge in [-0.05, 0) is 31.9 Å². The van der Waals surface area contributed by atoms with Crippen LogP contribution in [0.4, 0.5) is 22.7 Å². The molecule has 2 aromatic rings. The van der Waals surface area contributed by atoms with E-state index in [1.165, 1.54) is 24.3 Å². The second-order valence-electron chi connectivity index (χ2n) is 4.70. The van der Waals surface area contributed by atoms with E-state index in [0.29, 0.717) is 20.3 Å². The molecule has 160 valence electrons. The van der Waals surface area contributed by atoms with Gasteiger partial charge in [0.05, 0.1) is 18.8 Å². The second-order valence-corrected chi connectivity index (χ2v) is 8.04. The van der Waals surface area contributed by atoms with Gasteiger partial charge in [-0.1, -0.05) is 23.2 Å². The average molecular weight is 601 g/mol. The lowest BCUT2D eigenvalue weighted by Gasteiger charge is -2.06. The summed E-state index contributed by atoms with van der Waals surface area (Å²) in [5.41, 5.74) is 8.27. The molecule has 0 aromatic heterocycles. The molecule has 0 heterocycles. The predicted octanol–water partition coefficient (Wildman–Crippen LogP) is 2.43. The van der Waals surface area contributed by atoms with Crippen LogP contribution >= 0.6 is 55.1 Å². The second kappa shape index (κ2) is 11.7. The average Bonchev–Trinajstić information content (AvgIpc) is 2.55. The molecule has 0 radical (unpaired) electrons. The van der Waals surface area contributed by atoms with E-state index in [9.17, 15) is 20.2 Å². The number of nitro benzene ring substituents is 2. The smallest absolute Gasteiger partial charge is 0.272 e. The standard InChI is InChI=1S/2C6H4BrClN2O2.H2O4S/c2*7-4-1-3(10(11)12)2-5(8)6(4)9;1-5(2,3)4/h2*1-2H,9H2;(H2,1,2,3,4). The van der Waals surface area contributed by atoms with Crippen molar-refractivity contribution in [3.05, 3.63) is 63.5 Å². The fourth-order valence-corrected chi connectivity index (χ4v) is 2.94. The number of benzene rings is 2. The first kappa shape index (κ1) is 27.6. The zero-order chi connectivity index (χ0) is 23.1. The minimum absolute atomic E-state index is 0.0423. The number of non-ortho nitro benzene ring substituents is 2. The lowest BCUT2D eigenvalue weighted by atomic mass is 10.3. The third kappa shape index (κ3) is 10.8. The number of nitro groups is 2. The Morgan fingerprint density at radius 2 is 1.03 bits per heavy atom. The van der Waals surface area contributed by atoms with E-state index in [4.69, 9.17) is 40.7 Å². The first-order valence-electron chi connectivity index (χ1n) is 6.62. The van der Waals surface area contributed by atoms with Crippen molar-refractivity contribution in [1.82, 2.24) is 0 Å². The Balaban J connectivity index is 0.000000442. The van der Waals surface area contributed by atoms with Crippen molar-refractivity contribution in [2.24, 2.45) is 0 Å². The zero-order valence-electron chi connectivity index (χ0n) is 13.8. The summed E-state index contributed by atoms with van der Waals surface area (Å²) in [5, 5.41) is 21.2. The van der Waals surface area contributed by atoms with Gasteiger partial charge in [-0.2, -0.15) is 0 Å². The summed E-state index contributed by atoms with van der Waals surface area (Å²) in [4.78, 5) is 19.6. The van der Waals surface area contributed by atoms with E-state index in [1.807, 2.05) is 0 Å². The van der Waals surface area contributed by atoms with Crippen molar-refractivity contribution in [1.29, 1.82) is 0 Å². The molecule has 17 heteroatoms. The number of halogens is 4. The Labute approximate surface area is 189 Å². The SMILES string of the molecule is O=S(=O)([O-])[O-].[NH3+]c1c(Cl)cc([N+](=O)[O-])cc1Br.[NH3+]c1c(Cl)cc([N+](=O)[O-])cc1Br. The number of hydrogen-bond donors (Lipinski definition) is 2. The highest BCUT2D eigenvalue weighted by Crippen LogP contribution is 2.31. The van der Waals surface area contributed by atoms with Crippen LogP contribution in [0.2, 0.25) is 10.0 Å². The number of nitrogens with zero attached hydrogens (tertiary/aromatic N) is 2. The molecule has 0 saturated carbocycles. The van der Waals surface area contributed by atoms with Crippen LogP contribution in [0.5, 0.6) is 0 Å².